The second-order valence-electron chi connectivity index (χ2n) is 3.40. The second kappa shape index (κ2) is 4.88. The number of phenols is 3. The largest absolute Gasteiger partial charge is 0.504 e. The number of thiocarbonyl (C=S) groups is 1. The molecule has 0 saturated heterocycles. The average molecular weight is 257 g/mol. The normalized spacial score (nSPS) is 11.8. The highest BCUT2D eigenvalue weighted by atomic mass is 32.1. The predicted molar refractivity (Wildman–Crippen MR) is 63.4 cm³/mol. The van der Waals surface area contributed by atoms with Crippen LogP contribution in [-0.4, -0.2) is 37.4 Å². The molecule has 0 saturated carbocycles. The Morgan fingerprint density at radius 1 is 1.29 bits per heavy atom. The van der Waals surface area contributed by atoms with Crippen LogP contribution in [0.25, 0.3) is 0 Å². The maximum atomic E-state index is 10.6. The van der Waals surface area contributed by atoms with Crippen molar-refractivity contribution in [2.45, 2.75) is 13.0 Å². The molecule has 1 atom stereocenters. The van der Waals surface area contributed by atoms with Crippen LogP contribution in [0.15, 0.2) is 12.1 Å². The summed E-state index contributed by atoms with van der Waals surface area (Å²) in [4.78, 5) is 10.6. The van der Waals surface area contributed by atoms with Crippen molar-refractivity contribution >= 4 is 23.2 Å². The van der Waals surface area contributed by atoms with Gasteiger partial charge in [0, 0.05) is 5.56 Å². The average Bonchev–Trinajstić information content (AvgIpc) is 2.24. The van der Waals surface area contributed by atoms with Gasteiger partial charge in [-0.3, -0.25) is 4.79 Å². The first-order chi connectivity index (χ1) is 7.82. The van der Waals surface area contributed by atoms with Crippen molar-refractivity contribution in [3.05, 3.63) is 17.7 Å². The quantitative estimate of drug-likeness (QED) is 0.397. The highest BCUT2D eigenvalue weighted by molar-refractivity contribution is 7.80. The first-order valence-corrected chi connectivity index (χ1v) is 5.02. The Balaban J connectivity index is 2.94. The molecule has 6 nitrogen and oxygen atoms in total. The number of benzene rings is 1. The van der Waals surface area contributed by atoms with Gasteiger partial charge in [0.2, 0.25) is 0 Å². The lowest BCUT2D eigenvalue weighted by molar-refractivity contribution is -0.138. The van der Waals surface area contributed by atoms with E-state index >= 15 is 0 Å². The zero-order valence-corrected chi connectivity index (χ0v) is 9.65. The number of phenolic OH excluding ortho intramolecular Hbond substituents is 3. The third-order valence-electron chi connectivity index (χ3n) is 2.05. The van der Waals surface area contributed by atoms with Gasteiger partial charge in [0.05, 0.1) is 0 Å². The minimum absolute atomic E-state index is 0.0468. The molecule has 0 radical (unpaired) electrons. The molecule has 1 aromatic carbocycles. The zero-order valence-electron chi connectivity index (χ0n) is 8.84. The summed E-state index contributed by atoms with van der Waals surface area (Å²) in [6.07, 6.45) is 0. The van der Waals surface area contributed by atoms with Gasteiger partial charge in [0.1, 0.15) is 11.0 Å². The molecule has 5 N–H and O–H groups in total. The number of carbonyl (C=O) groups is 1. The number of nitrogens with one attached hydrogen (secondary N) is 1. The van der Waals surface area contributed by atoms with Crippen molar-refractivity contribution in [3.8, 4) is 17.2 Å². The van der Waals surface area contributed by atoms with E-state index in [2.05, 4.69) is 5.32 Å². The van der Waals surface area contributed by atoms with Crippen molar-refractivity contribution < 1.29 is 25.2 Å². The molecule has 0 aliphatic carbocycles. The molecule has 1 aromatic rings. The molecule has 0 amide bonds. The van der Waals surface area contributed by atoms with E-state index in [1.165, 1.54) is 6.92 Å². The van der Waals surface area contributed by atoms with Crippen LogP contribution < -0.4 is 5.32 Å². The highest BCUT2D eigenvalue weighted by Gasteiger charge is 2.15. The maximum Gasteiger partial charge on any atom is 0.325 e. The fourth-order valence-corrected chi connectivity index (χ4v) is 1.37. The molecule has 17 heavy (non-hydrogen) atoms. The van der Waals surface area contributed by atoms with E-state index in [0.717, 1.165) is 12.1 Å². The van der Waals surface area contributed by atoms with Gasteiger partial charge >= 0.3 is 5.97 Å². The maximum absolute atomic E-state index is 10.6. The number of carboxylic acids is 1. The molecule has 0 bridgehead atoms. The topological polar surface area (TPSA) is 110 Å². The number of hydrogen-bond donors (Lipinski definition) is 5. The third-order valence-corrected chi connectivity index (χ3v) is 2.40. The molecule has 0 aromatic heterocycles. The summed E-state index contributed by atoms with van der Waals surface area (Å²) in [5.41, 5.74) is 0.209. The second-order valence-corrected chi connectivity index (χ2v) is 3.80. The van der Waals surface area contributed by atoms with E-state index in [4.69, 9.17) is 22.4 Å². The summed E-state index contributed by atoms with van der Waals surface area (Å²) in [7, 11) is 0. The summed E-state index contributed by atoms with van der Waals surface area (Å²) in [6.45, 7) is 1.40. The minimum atomic E-state index is -1.08. The van der Waals surface area contributed by atoms with Gasteiger partial charge in [0.15, 0.2) is 17.2 Å². The van der Waals surface area contributed by atoms with E-state index in [1.54, 1.807) is 0 Å². The van der Waals surface area contributed by atoms with Crippen molar-refractivity contribution in [2.75, 3.05) is 0 Å². The molecule has 0 aliphatic heterocycles. The van der Waals surface area contributed by atoms with Crippen LogP contribution in [0.1, 0.15) is 12.5 Å². The van der Waals surface area contributed by atoms with E-state index in [-0.39, 0.29) is 10.6 Å². The Bertz CT molecular complexity index is 451. The van der Waals surface area contributed by atoms with Gasteiger partial charge in [-0.15, -0.1) is 0 Å². The van der Waals surface area contributed by atoms with Gasteiger partial charge < -0.3 is 25.7 Å². The number of hydrogen-bond acceptors (Lipinski definition) is 5. The molecular weight excluding hydrogens is 246 g/mol. The van der Waals surface area contributed by atoms with Crippen LogP contribution in [0.2, 0.25) is 0 Å². The van der Waals surface area contributed by atoms with Crippen molar-refractivity contribution in [2.24, 2.45) is 0 Å². The lowest BCUT2D eigenvalue weighted by Crippen LogP contribution is -2.37. The lowest BCUT2D eigenvalue weighted by atomic mass is 10.1. The van der Waals surface area contributed by atoms with Gasteiger partial charge in [-0.2, -0.15) is 0 Å². The van der Waals surface area contributed by atoms with Crippen molar-refractivity contribution in [1.82, 2.24) is 5.32 Å². The smallest absolute Gasteiger partial charge is 0.325 e. The summed E-state index contributed by atoms with van der Waals surface area (Å²) in [5.74, 6) is -2.80. The molecule has 7 heteroatoms. The van der Waals surface area contributed by atoms with Gasteiger partial charge in [-0.1, -0.05) is 12.2 Å². The first kappa shape index (κ1) is 13.0. The monoisotopic (exact) mass is 257 g/mol. The SMILES string of the molecule is C[C@H](NC(=S)c1cc(O)c(O)c(O)c1)C(=O)O. The number of aromatic hydroxyl groups is 3. The van der Waals surface area contributed by atoms with E-state index in [1.807, 2.05) is 0 Å². The first-order valence-electron chi connectivity index (χ1n) is 4.61. The van der Waals surface area contributed by atoms with Gasteiger partial charge in [-0.25, -0.2) is 0 Å². The zero-order chi connectivity index (χ0) is 13.2. The van der Waals surface area contributed by atoms with Crippen molar-refractivity contribution in [3.63, 3.8) is 0 Å². The van der Waals surface area contributed by atoms with Gasteiger partial charge in [-0.05, 0) is 19.1 Å². The molecule has 0 heterocycles. The predicted octanol–water partition coefficient (Wildman–Crippen LogP) is 0.542. The van der Waals surface area contributed by atoms with Crippen LogP contribution >= 0.6 is 12.2 Å². The lowest BCUT2D eigenvalue weighted by Gasteiger charge is -2.12. The summed E-state index contributed by atoms with van der Waals surface area (Å²) >= 11 is 4.90. The van der Waals surface area contributed by atoms with Crippen LogP contribution in [0, 0.1) is 0 Å². The Morgan fingerprint density at radius 2 is 1.76 bits per heavy atom. The van der Waals surface area contributed by atoms with Crippen LogP contribution in [0.3, 0.4) is 0 Å². The summed E-state index contributed by atoms with van der Waals surface area (Å²) < 4.78 is 0. The molecule has 0 unspecified atom stereocenters. The van der Waals surface area contributed by atoms with E-state index in [9.17, 15) is 15.0 Å². The molecule has 1 rings (SSSR count). The standard InChI is InChI=1S/C10H11NO5S/c1-4(10(15)16)11-9(17)5-2-6(12)8(14)7(13)3-5/h2-4,12-14H,1H3,(H,11,17)(H,15,16)/t4-/m0/s1. The molecule has 92 valence electrons. The fraction of sp³-hybridized carbons (Fsp3) is 0.200. The summed E-state index contributed by atoms with van der Waals surface area (Å²) in [6, 6.07) is 1.35. The molecular formula is C10H11NO5S. The van der Waals surface area contributed by atoms with Crippen molar-refractivity contribution in [1.29, 1.82) is 0 Å². The molecule has 0 aliphatic rings. The van der Waals surface area contributed by atoms with E-state index < -0.39 is 29.3 Å². The number of carboxylic acid groups (broad SMARTS) is 1. The van der Waals surface area contributed by atoms with Gasteiger partial charge in [0.25, 0.3) is 0 Å². The third kappa shape index (κ3) is 2.97. The Morgan fingerprint density at radius 3 is 2.18 bits per heavy atom. The Labute approximate surface area is 102 Å². The minimum Gasteiger partial charge on any atom is -0.504 e. The molecule has 0 fully saturated rings. The molecule has 0 spiro atoms. The fourth-order valence-electron chi connectivity index (χ4n) is 1.08. The summed E-state index contributed by atoms with van der Waals surface area (Å²) in [5, 5.41) is 38.8. The Hall–Kier alpha value is -2.02. The van der Waals surface area contributed by atoms with Crippen LogP contribution in [-0.2, 0) is 4.79 Å². The van der Waals surface area contributed by atoms with Crippen LogP contribution in [0.4, 0.5) is 0 Å². The Kier molecular flexibility index (Phi) is 3.74. The number of rotatable bonds is 3. The van der Waals surface area contributed by atoms with E-state index in [0.29, 0.717) is 0 Å². The highest BCUT2D eigenvalue weighted by Crippen LogP contribution is 2.35. The van der Waals surface area contributed by atoms with Crippen LogP contribution in [0.5, 0.6) is 17.2 Å². The number of aliphatic carboxylic acids is 1.